The lowest BCUT2D eigenvalue weighted by molar-refractivity contribution is -0.116. The van der Waals surface area contributed by atoms with E-state index in [2.05, 4.69) is 15.4 Å². The highest BCUT2D eigenvalue weighted by Crippen LogP contribution is 2.29. The van der Waals surface area contributed by atoms with Crippen molar-refractivity contribution in [3.05, 3.63) is 69.2 Å². The Morgan fingerprint density at radius 3 is 2.30 bits per heavy atom. The topological polar surface area (TPSA) is 80.1 Å². The minimum absolute atomic E-state index is 0.00660. The summed E-state index contributed by atoms with van der Waals surface area (Å²) in [6, 6.07) is 11.9. The van der Waals surface area contributed by atoms with E-state index < -0.39 is 11.8 Å². The third-order valence-corrected chi connectivity index (χ3v) is 5.14. The van der Waals surface area contributed by atoms with E-state index in [0.717, 1.165) is 5.69 Å². The first-order valence-electron chi connectivity index (χ1n) is 9.03. The molecule has 1 heterocycles. The molecule has 1 aromatic heterocycles. The van der Waals surface area contributed by atoms with Gasteiger partial charge in [-0.3, -0.25) is 9.59 Å². The second-order valence-corrected chi connectivity index (χ2v) is 7.59. The van der Waals surface area contributed by atoms with E-state index in [0.29, 0.717) is 26.6 Å². The fourth-order valence-corrected chi connectivity index (χ4v) is 3.36. The molecule has 2 amide bonds. The maximum absolute atomic E-state index is 12.9. The van der Waals surface area contributed by atoms with Gasteiger partial charge in [-0.05, 0) is 50.2 Å². The molecule has 0 radical (unpaired) electrons. The predicted octanol–water partition coefficient (Wildman–Crippen LogP) is 4.64. The number of nitrogens with one attached hydrogen (secondary N) is 1. The maximum Gasteiger partial charge on any atom is 0.294 e. The van der Waals surface area contributed by atoms with E-state index in [1.54, 1.807) is 61.0 Å². The van der Waals surface area contributed by atoms with Crippen LogP contribution in [0.4, 0.5) is 5.69 Å². The highest BCUT2D eigenvalue weighted by Gasteiger charge is 2.23. The monoisotopic (exact) mass is 465 g/mol. The molecule has 3 aromatic rings. The zero-order valence-corrected chi connectivity index (χ0v) is 18.5. The van der Waals surface area contributed by atoms with E-state index in [9.17, 15) is 9.59 Å². The van der Waals surface area contributed by atoms with Gasteiger partial charge in [-0.15, -0.1) is 5.10 Å². The fourth-order valence-electron chi connectivity index (χ4n) is 2.75. The lowest BCUT2D eigenvalue weighted by Crippen LogP contribution is -2.38. The van der Waals surface area contributed by atoms with Crippen molar-refractivity contribution in [1.82, 2.24) is 19.7 Å². The molecule has 0 saturated heterocycles. The Morgan fingerprint density at radius 1 is 1.07 bits per heavy atom. The Bertz CT molecular complexity index is 1060. The van der Waals surface area contributed by atoms with Crippen molar-refractivity contribution in [3.8, 4) is 5.69 Å². The van der Waals surface area contributed by atoms with Crippen molar-refractivity contribution in [3.63, 3.8) is 0 Å². The van der Waals surface area contributed by atoms with E-state index in [-0.39, 0.29) is 18.9 Å². The zero-order valence-electron chi connectivity index (χ0n) is 16.2. The number of anilines is 1. The summed E-state index contributed by atoms with van der Waals surface area (Å²) in [6.07, 6.45) is 0. The maximum atomic E-state index is 12.9. The van der Waals surface area contributed by atoms with Crippen molar-refractivity contribution in [1.29, 1.82) is 0 Å². The number of benzene rings is 2. The van der Waals surface area contributed by atoms with Gasteiger partial charge < -0.3 is 10.2 Å². The van der Waals surface area contributed by atoms with Gasteiger partial charge in [-0.25, -0.2) is 9.67 Å². The van der Waals surface area contributed by atoms with Crippen molar-refractivity contribution < 1.29 is 9.59 Å². The molecule has 0 saturated carbocycles. The largest absolute Gasteiger partial charge is 0.327 e. The molecule has 0 bridgehead atoms. The normalized spacial score (nSPS) is 10.7. The molecule has 0 aliphatic rings. The van der Waals surface area contributed by atoms with Crippen molar-refractivity contribution >= 4 is 52.3 Å². The average Bonchev–Trinajstić information content (AvgIpc) is 3.11. The lowest BCUT2D eigenvalue weighted by atomic mass is 10.3. The highest BCUT2D eigenvalue weighted by molar-refractivity contribution is 6.39. The van der Waals surface area contributed by atoms with Gasteiger partial charge in [-0.1, -0.05) is 40.9 Å². The Balaban J connectivity index is 1.75. The summed E-state index contributed by atoms with van der Waals surface area (Å²) in [6.45, 7) is 3.58. The number of amides is 2. The van der Waals surface area contributed by atoms with Crippen LogP contribution in [0.15, 0.2) is 42.5 Å². The number of aromatic nitrogens is 3. The molecule has 0 atom stereocenters. The summed E-state index contributed by atoms with van der Waals surface area (Å²) in [4.78, 5) is 30.9. The van der Waals surface area contributed by atoms with Gasteiger partial charge in [0, 0.05) is 11.6 Å². The zero-order chi connectivity index (χ0) is 21.8. The molecule has 3 rings (SSSR count). The molecule has 0 spiro atoms. The summed E-state index contributed by atoms with van der Waals surface area (Å²) in [5.41, 5.74) is 1.02. The number of nitrogens with zero attached hydrogens (tertiary/aromatic N) is 4. The molecule has 10 heteroatoms. The number of rotatable bonds is 6. The summed E-state index contributed by atoms with van der Waals surface area (Å²) in [5.74, 6) is -0.375. The molecule has 1 N–H and O–H groups in total. The standard InChI is InChI=1S/C20H18Cl3N5O2/c1-3-27(11-17(29)25-18-15(22)5-4-6-16(18)23)20(30)19-24-12(2)28(26-19)14-9-7-13(21)8-10-14/h4-10H,3,11H2,1-2H3,(H,25,29). The Kier molecular flexibility index (Phi) is 6.97. The van der Waals surface area contributed by atoms with Crippen LogP contribution < -0.4 is 5.32 Å². The molecule has 156 valence electrons. The number of hydrogen-bond acceptors (Lipinski definition) is 4. The van der Waals surface area contributed by atoms with Crippen LogP contribution in [0, 0.1) is 6.92 Å². The summed E-state index contributed by atoms with van der Waals surface area (Å²) < 4.78 is 1.54. The van der Waals surface area contributed by atoms with Crippen molar-refractivity contribution in [2.45, 2.75) is 13.8 Å². The fraction of sp³-hybridized carbons (Fsp3) is 0.200. The highest BCUT2D eigenvalue weighted by atomic mass is 35.5. The van der Waals surface area contributed by atoms with E-state index in [4.69, 9.17) is 34.8 Å². The second kappa shape index (κ2) is 9.47. The van der Waals surface area contributed by atoms with Crippen LogP contribution in [0.2, 0.25) is 15.1 Å². The first-order chi connectivity index (χ1) is 14.3. The molecule has 0 fully saturated rings. The molecule has 0 unspecified atom stereocenters. The summed E-state index contributed by atoms with van der Waals surface area (Å²) in [5, 5.41) is 8.15. The van der Waals surface area contributed by atoms with Crippen molar-refractivity contribution in [2.24, 2.45) is 0 Å². The van der Waals surface area contributed by atoms with Crippen LogP contribution in [-0.4, -0.2) is 44.6 Å². The minimum atomic E-state index is -0.464. The predicted molar refractivity (Wildman–Crippen MR) is 118 cm³/mol. The van der Waals surface area contributed by atoms with Crippen LogP contribution in [0.3, 0.4) is 0 Å². The van der Waals surface area contributed by atoms with Gasteiger partial charge in [0.05, 0.1) is 21.4 Å². The number of hydrogen-bond donors (Lipinski definition) is 1. The minimum Gasteiger partial charge on any atom is -0.327 e. The molecule has 0 aliphatic carbocycles. The molecule has 7 nitrogen and oxygen atoms in total. The molecule has 0 aliphatic heterocycles. The number of halogens is 3. The average molecular weight is 467 g/mol. The van der Waals surface area contributed by atoms with E-state index in [1.807, 2.05) is 0 Å². The number of carbonyl (C=O) groups excluding carboxylic acids is 2. The van der Waals surface area contributed by atoms with Gasteiger partial charge in [-0.2, -0.15) is 0 Å². The van der Waals surface area contributed by atoms with Gasteiger partial charge >= 0.3 is 0 Å². The quantitative estimate of drug-likeness (QED) is 0.574. The van der Waals surface area contributed by atoms with Crippen LogP contribution >= 0.6 is 34.8 Å². The van der Waals surface area contributed by atoms with Crippen LogP contribution in [0.5, 0.6) is 0 Å². The second-order valence-electron chi connectivity index (χ2n) is 6.34. The van der Waals surface area contributed by atoms with Crippen molar-refractivity contribution in [2.75, 3.05) is 18.4 Å². The van der Waals surface area contributed by atoms with Crippen LogP contribution in [0.1, 0.15) is 23.4 Å². The molecular weight excluding hydrogens is 449 g/mol. The Labute approximate surface area is 188 Å². The first-order valence-corrected chi connectivity index (χ1v) is 10.2. The van der Waals surface area contributed by atoms with Gasteiger partial charge in [0.1, 0.15) is 12.4 Å². The Morgan fingerprint density at radius 2 is 1.70 bits per heavy atom. The smallest absolute Gasteiger partial charge is 0.294 e. The van der Waals surface area contributed by atoms with E-state index in [1.165, 1.54) is 4.90 Å². The SMILES string of the molecule is CCN(CC(=O)Nc1c(Cl)cccc1Cl)C(=O)c1nc(C)n(-c2ccc(Cl)cc2)n1. The number of para-hydroxylation sites is 1. The van der Waals surface area contributed by atoms with Gasteiger partial charge in [0.15, 0.2) is 0 Å². The van der Waals surface area contributed by atoms with Crippen LogP contribution in [-0.2, 0) is 4.79 Å². The van der Waals surface area contributed by atoms with Gasteiger partial charge in [0.2, 0.25) is 11.7 Å². The molecule has 30 heavy (non-hydrogen) atoms. The number of likely N-dealkylation sites (N-methyl/N-ethyl adjacent to an activating group) is 1. The van der Waals surface area contributed by atoms with Crippen LogP contribution in [0.25, 0.3) is 5.69 Å². The lowest BCUT2D eigenvalue weighted by Gasteiger charge is -2.19. The third-order valence-electron chi connectivity index (χ3n) is 4.26. The summed E-state index contributed by atoms with van der Waals surface area (Å²) in [7, 11) is 0. The Hall–Kier alpha value is -2.61. The van der Waals surface area contributed by atoms with Gasteiger partial charge in [0.25, 0.3) is 5.91 Å². The van der Waals surface area contributed by atoms with E-state index >= 15 is 0 Å². The number of aryl methyl sites for hydroxylation is 1. The first kappa shape index (κ1) is 22.1. The summed E-state index contributed by atoms with van der Waals surface area (Å²) >= 11 is 18.1. The third kappa shape index (κ3) is 4.92. The number of carbonyl (C=O) groups is 2. The molecular formula is C20H18Cl3N5O2. The molecule has 2 aromatic carbocycles.